The predicted octanol–water partition coefficient (Wildman–Crippen LogP) is 0.498. The van der Waals surface area contributed by atoms with Gasteiger partial charge in [0, 0.05) is 17.7 Å². The Labute approximate surface area is 94.2 Å². The molecule has 0 unspecified atom stereocenters. The van der Waals surface area contributed by atoms with Crippen molar-refractivity contribution in [3.05, 3.63) is 49.3 Å². The Morgan fingerprint density at radius 3 is 2.06 bits per heavy atom. The van der Waals surface area contributed by atoms with E-state index in [1.807, 2.05) is 5.87 Å². The van der Waals surface area contributed by atoms with E-state index in [-0.39, 0.29) is 5.57 Å². The van der Waals surface area contributed by atoms with Crippen LogP contribution in [0.15, 0.2) is 34.3 Å². The monoisotopic (exact) mass is 238 g/mol. The summed E-state index contributed by atoms with van der Waals surface area (Å²) in [6.45, 7) is 0. The van der Waals surface area contributed by atoms with Gasteiger partial charge in [0.15, 0.2) is 0 Å². The van der Waals surface area contributed by atoms with Crippen molar-refractivity contribution >= 4 is 11.6 Å². The second-order valence-electron chi connectivity index (χ2n) is 2.78. The van der Waals surface area contributed by atoms with Crippen molar-refractivity contribution in [3.8, 4) is 0 Å². The quantitative estimate of drug-likeness (QED) is 0.434. The lowest BCUT2D eigenvalue weighted by Gasteiger charge is -2.05. The Hall–Kier alpha value is -2.80. The van der Waals surface area contributed by atoms with E-state index in [2.05, 4.69) is 9.99 Å². The first-order valence-corrected chi connectivity index (χ1v) is 4.15. The summed E-state index contributed by atoms with van der Waals surface area (Å²) < 4.78 is 0. The summed E-state index contributed by atoms with van der Waals surface area (Å²) in [5.41, 5.74) is -1.81. The highest BCUT2D eigenvalue weighted by Crippen LogP contribution is 2.19. The normalized spacial score (nSPS) is 14.4. The van der Waals surface area contributed by atoms with Crippen molar-refractivity contribution in [3.63, 3.8) is 0 Å². The van der Waals surface area contributed by atoms with Crippen molar-refractivity contribution in [2.75, 3.05) is 7.11 Å². The number of allylic oxidation sites excluding steroid dienone is 3. The van der Waals surface area contributed by atoms with Gasteiger partial charge in [0.1, 0.15) is 7.11 Å². The highest BCUT2D eigenvalue weighted by molar-refractivity contribution is 6.11. The fourth-order valence-electron chi connectivity index (χ4n) is 1.14. The van der Waals surface area contributed by atoms with Gasteiger partial charge in [-0.2, -0.15) is 0 Å². The van der Waals surface area contributed by atoms with Crippen LogP contribution in [0.3, 0.4) is 0 Å². The molecule has 1 aliphatic carbocycles. The second kappa shape index (κ2) is 4.81. The highest BCUT2D eigenvalue weighted by atomic mass is 16.6. The molecule has 0 bridgehead atoms. The van der Waals surface area contributed by atoms with Gasteiger partial charge in [-0.1, -0.05) is 5.16 Å². The third kappa shape index (κ3) is 2.41. The molecule has 0 atom stereocenters. The minimum Gasteiger partial charge on any atom is -0.398 e. The molecule has 1 rings (SSSR count). The average molecular weight is 238 g/mol. The lowest BCUT2D eigenvalue weighted by Crippen LogP contribution is -2.22. The lowest BCUT2D eigenvalue weighted by molar-refractivity contribution is -0.428. The minimum atomic E-state index is -0.842. The van der Waals surface area contributed by atoms with E-state index in [4.69, 9.17) is 5.41 Å². The number of rotatable bonds is 3. The van der Waals surface area contributed by atoms with Crippen LogP contribution in [0, 0.1) is 25.6 Å². The van der Waals surface area contributed by atoms with Gasteiger partial charge in [-0.15, -0.1) is 0 Å². The molecule has 0 amide bonds. The zero-order chi connectivity index (χ0) is 13.0. The standard InChI is InChI=1S/C8H6N4O5/c1-17-10-8-6(11(13)14)2-5(4-9)3-7(8)12(15)16/h2-3,9H,1H3. The lowest BCUT2D eigenvalue weighted by atomic mass is 10.0. The van der Waals surface area contributed by atoms with Crippen LogP contribution in [0.25, 0.3) is 0 Å². The van der Waals surface area contributed by atoms with E-state index in [0.29, 0.717) is 0 Å². The Bertz CT molecular complexity index is 488. The van der Waals surface area contributed by atoms with Gasteiger partial charge >= 0.3 is 11.4 Å². The van der Waals surface area contributed by atoms with Gasteiger partial charge in [0.2, 0.25) is 0 Å². The maximum Gasteiger partial charge on any atom is 0.306 e. The molecule has 0 aromatic carbocycles. The number of oxime groups is 1. The molecule has 9 heteroatoms. The molecule has 9 nitrogen and oxygen atoms in total. The van der Waals surface area contributed by atoms with E-state index >= 15 is 0 Å². The van der Waals surface area contributed by atoms with Crippen LogP contribution in [0.5, 0.6) is 0 Å². The van der Waals surface area contributed by atoms with Crippen molar-refractivity contribution < 1.29 is 14.7 Å². The Kier molecular flexibility index (Phi) is 3.48. The van der Waals surface area contributed by atoms with Crippen molar-refractivity contribution in [1.82, 2.24) is 0 Å². The van der Waals surface area contributed by atoms with Crippen LogP contribution in [0.4, 0.5) is 0 Å². The Balaban J connectivity index is 3.45. The molecule has 1 aliphatic rings. The summed E-state index contributed by atoms with van der Waals surface area (Å²) in [5.74, 6) is 1.85. The van der Waals surface area contributed by atoms with Gasteiger partial charge in [-0.05, 0) is 5.87 Å². The van der Waals surface area contributed by atoms with E-state index in [1.54, 1.807) is 0 Å². The van der Waals surface area contributed by atoms with Crippen LogP contribution in [0.2, 0.25) is 0 Å². The van der Waals surface area contributed by atoms with Crippen molar-refractivity contribution in [1.29, 1.82) is 5.41 Å². The molecule has 17 heavy (non-hydrogen) atoms. The minimum absolute atomic E-state index is 0.0848. The molecule has 0 aliphatic heterocycles. The predicted molar refractivity (Wildman–Crippen MR) is 55.8 cm³/mol. The molecule has 0 radical (unpaired) electrons. The summed E-state index contributed by atoms with van der Waals surface area (Å²) in [7, 11) is 1.12. The highest BCUT2D eigenvalue weighted by Gasteiger charge is 2.36. The van der Waals surface area contributed by atoms with Crippen LogP contribution in [0.1, 0.15) is 0 Å². The van der Waals surface area contributed by atoms with Crippen LogP contribution in [-0.4, -0.2) is 28.5 Å². The van der Waals surface area contributed by atoms with Crippen LogP contribution in [-0.2, 0) is 4.84 Å². The molecule has 0 saturated heterocycles. The molecule has 88 valence electrons. The van der Waals surface area contributed by atoms with Gasteiger partial charge < -0.3 is 4.84 Å². The van der Waals surface area contributed by atoms with Gasteiger partial charge in [-0.3, -0.25) is 25.6 Å². The zero-order valence-corrected chi connectivity index (χ0v) is 8.54. The average Bonchev–Trinajstić information content (AvgIpc) is 2.28. The van der Waals surface area contributed by atoms with Crippen LogP contribution < -0.4 is 0 Å². The SMILES string of the molecule is CON=C1C([N+](=O)[O-])=CC(=C=N)C=C1[N+](=O)[O-]. The topological polar surface area (TPSA) is 132 Å². The first kappa shape index (κ1) is 12.3. The van der Waals surface area contributed by atoms with Crippen molar-refractivity contribution in [2.45, 2.75) is 0 Å². The Morgan fingerprint density at radius 1 is 1.29 bits per heavy atom. The third-order valence-electron chi connectivity index (χ3n) is 1.79. The number of nitrogens with zero attached hydrogens (tertiary/aromatic N) is 3. The molecule has 0 spiro atoms. The molecule has 0 fully saturated rings. The number of hydrogen-bond donors (Lipinski definition) is 1. The number of hydrogen-bond acceptors (Lipinski definition) is 7. The molecule has 0 heterocycles. The summed E-state index contributed by atoms with van der Waals surface area (Å²) >= 11 is 0. The Morgan fingerprint density at radius 2 is 1.76 bits per heavy atom. The summed E-state index contributed by atoms with van der Waals surface area (Å²) in [5, 5.41) is 31.5. The first-order chi connectivity index (χ1) is 8.01. The summed E-state index contributed by atoms with van der Waals surface area (Å²) in [4.78, 5) is 24.1. The fraction of sp³-hybridized carbons (Fsp3) is 0.125. The van der Waals surface area contributed by atoms with E-state index in [1.165, 1.54) is 0 Å². The molecular weight excluding hydrogens is 232 g/mol. The summed E-state index contributed by atoms with van der Waals surface area (Å²) in [6.07, 6.45) is 1.91. The fourth-order valence-corrected chi connectivity index (χ4v) is 1.14. The smallest absolute Gasteiger partial charge is 0.306 e. The maximum absolute atomic E-state index is 10.7. The molecule has 0 aromatic rings. The van der Waals surface area contributed by atoms with Crippen LogP contribution >= 0.6 is 0 Å². The molecule has 1 N–H and O–H groups in total. The van der Waals surface area contributed by atoms with Gasteiger partial charge in [0.25, 0.3) is 5.71 Å². The largest absolute Gasteiger partial charge is 0.398 e. The molecule has 0 saturated carbocycles. The number of nitro groups is 2. The van der Waals surface area contributed by atoms with Crippen molar-refractivity contribution in [2.24, 2.45) is 5.16 Å². The molecule has 0 aromatic heterocycles. The van der Waals surface area contributed by atoms with Gasteiger partial charge in [0.05, 0.1) is 9.85 Å². The van der Waals surface area contributed by atoms with E-state index in [0.717, 1.165) is 19.3 Å². The molecular formula is C8H6N4O5. The first-order valence-electron chi connectivity index (χ1n) is 4.15. The van der Waals surface area contributed by atoms with E-state index in [9.17, 15) is 20.2 Å². The maximum atomic E-state index is 10.7. The van der Waals surface area contributed by atoms with Gasteiger partial charge in [-0.25, -0.2) is 0 Å². The summed E-state index contributed by atoms with van der Waals surface area (Å²) in [6, 6.07) is 0. The number of nitrogens with one attached hydrogen (secondary N) is 1. The third-order valence-corrected chi connectivity index (χ3v) is 1.79. The van der Waals surface area contributed by atoms with E-state index < -0.39 is 27.0 Å². The second-order valence-corrected chi connectivity index (χ2v) is 2.78. The zero-order valence-electron chi connectivity index (χ0n) is 8.54.